The van der Waals surface area contributed by atoms with Crippen LogP contribution in [0.25, 0.3) is 5.70 Å². The fraction of sp³-hybridized carbons (Fsp3) is 0.286. The van der Waals surface area contributed by atoms with E-state index < -0.39 is 17.8 Å². The first kappa shape index (κ1) is 19.9. The van der Waals surface area contributed by atoms with Gasteiger partial charge in [0.2, 0.25) is 5.91 Å². The van der Waals surface area contributed by atoms with Gasteiger partial charge in [0.25, 0.3) is 5.72 Å². The molecule has 1 aliphatic heterocycles. The molecule has 3 rings (SSSR count). The van der Waals surface area contributed by atoms with E-state index >= 15 is 0 Å². The number of aryl methyl sites for hydroxylation is 2. The highest BCUT2D eigenvalue weighted by Crippen LogP contribution is 2.40. The summed E-state index contributed by atoms with van der Waals surface area (Å²) in [6.07, 6.45) is -3.60. The zero-order chi connectivity index (χ0) is 20.4. The van der Waals surface area contributed by atoms with Gasteiger partial charge in [-0.05, 0) is 30.9 Å². The Hall–Kier alpha value is -2.80. The molecule has 2 N–H and O–H groups in total. The predicted octanol–water partition coefficient (Wildman–Crippen LogP) is 3.96. The first-order chi connectivity index (χ1) is 13.2. The van der Waals surface area contributed by atoms with Gasteiger partial charge in [-0.1, -0.05) is 60.2 Å². The molecule has 7 heteroatoms. The SMILES string of the molecule is Cc1ccc(C2=C[C@](O)(C(F)(F)F)N(C(=O)CCCc3ccccc3)N2)cc1. The Bertz CT molecular complexity index is 863. The maximum absolute atomic E-state index is 13.6. The van der Waals surface area contributed by atoms with Crippen LogP contribution in [0.3, 0.4) is 0 Å². The third-order valence-electron chi connectivity index (χ3n) is 4.65. The third-order valence-corrected chi connectivity index (χ3v) is 4.65. The van der Waals surface area contributed by atoms with Crippen LogP contribution in [0.1, 0.15) is 29.5 Å². The normalized spacial score (nSPS) is 19.3. The zero-order valence-electron chi connectivity index (χ0n) is 15.3. The molecule has 2 aromatic rings. The molecule has 0 saturated carbocycles. The lowest BCUT2D eigenvalue weighted by molar-refractivity contribution is -0.288. The molecule has 1 atom stereocenters. The second-order valence-electron chi connectivity index (χ2n) is 6.83. The minimum Gasteiger partial charge on any atom is -0.359 e. The van der Waals surface area contributed by atoms with E-state index in [1.54, 1.807) is 24.3 Å². The number of benzene rings is 2. The van der Waals surface area contributed by atoms with E-state index in [1.165, 1.54) is 0 Å². The molecule has 0 spiro atoms. The zero-order valence-corrected chi connectivity index (χ0v) is 15.3. The van der Waals surface area contributed by atoms with Crippen molar-refractivity contribution in [1.29, 1.82) is 0 Å². The van der Waals surface area contributed by atoms with Crippen LogP contribution in [-0.2, 0) is 11.2 Å². The van der Waals surface area contributed by atoms with Crippen LogP contribution in [0.15, 0.2) is 60.7 Å². The number of hydrogen-bond acceptors (Lipinski definition) is 3. The standard InChI is InChI=1S/C21H21F3N2O2/c1-15-10-12-17(13-11-15)18-14-20(28,21(22,23)24)26(25-18)19(27)9-5-8-16-6-3-2-4-7-16/h2-4,6-7,10-14,25,28H,5,8-9H2,1H3/t20-/m0/s1. The molecule has 0 radical (unpaired) electrons. The molecule has 28 heavy (non-hydrogen) atoms. The van der Waals surface area contributed by atoms with Crippen LogP contribution < -0.4 is 5.43 Å². The highest BCUT2D eigenvalue weighted by molar-refractivity contribution is 5.81. The molecular formula is C21H21F3N2O2. The molecule has 2 aromatic carbocycles. The summed E-state index contributed by atoms with van der Waals surface area (Å²) in [4.78, 5) is 12.5. The molecule has 1 heterocycles. The van der Waals surface area contributed by atoms with Crippen LogP contribution >= 0.6 is 0 Å². The predicted molar refractivity (Wildman–Crippen MR) is 99.5 cm³/mol. The van der Waals surface area contributed by atoms with E-state index in [-0.39, 0.29) is 17.1 Å². The summed E-state index contributed by atoms with van der Waals surface area (Å²) in [5.41, 5.74) is 1.49. The summed E-state index contributed by atoms with van der Waals surface area (Å²) in [7, 11) is 0. The van der Waals surface area contributed by atoms with Gasteiger partial charge in [0.1, 0.15) is 0 Å². The van der Waals surface area contributed by atoms with E-state index in [9.17, 15) is 23.1 Å². The second-order valence-corrected chi connectivity index (χ2v) is 6.83. The van der Waals surface area contributed by atoms with Crippen molar-refractivity contribution in [3.8, 4) is 0 Å². The number of amides is 1. The van der Waals surface area contributed by atoms with Crippen LogP contribution in [-0.4, -0.2) is 27.9 Å². The van der Waals surface area contributed by atoms with Crippen LogP contribution in [0.5, 0.6) is 0 Å². The summed E-state index contributed by atoms with van der Waals surface area (Å²) >= 11 is 0. The Morgan fingerprint density at radius 2 is 1.75 bits per heavy atom. The molecular weight excluding hydrogens is 369 g/mol. The van der Waals surface area contributed by atoms with Crippen molar-refractivity contribution >= 4 is 11.6 Å². The van der Waals surface area contributed by atoms with Crippen LogP contribution in [0.4, 0.5) is 13.2 Å². The number of aliphatic hydroxyl groups is 1. The van der Waals surface area contributed by atoms with E-state index in [4.69, 9.17) is 0 Å². The summed E-state index contributed by atoms with van der Waals surface area (Å²) in [5.74, 6) is -0.825. The fourth-order valence-corrected chi connectivity index (χ4v) is 3.05. The Morgan fingerprint density at radius 1 is 1.11 bits per heavy atom. The molecule has 4 nitrogen and oxygen atoms in total. The Balaban J connectivity index is 1.75. The van der Waals surface area contributed by atoms with Crippen molar-refractivity contribution in [1.82, 2.24) is 10.4 Å². The second kappa shape index (κ2) is 7.67. The first-order valence-electron chi connectivity index (χ1n) is 8.93. The van der Waals surface area contributed by atoms with Crippen molar-refractivity contribution in [3.63, 3.8) is 0 Å². The van der Waals surface area contributed by atoms with E-state index in [2.05, 4.69) is 5.43 Å². The summed E-state index contributed by atoms with van der Waals surface area (Å²) in [6.45, 7) is 1.86. The van der Waals surface area contributed by atoms with E-state index in [0.29, 0.717) is 24.5 Å². The van der Waals surface area contributed by atoms with Gasteiger partial charge < -0.3 is 5.11 Å². The molecule has 0 unspecified atom stereocenters. The number of nitrogens with one attached hydrogen (secondary N) is 1. The van der Waals surface area contributed by atoms with Gasteiger partial charge in [-0.25, -0.2) is 5.01 Å². The lowest BCUT2D eigenvalue weighted by atomic mass is 10.1. The highest BCUT2D eigenvalue weighted by atomic mass is 19.4. The van der Waals surface area contributed by atoms with Gasteiger partial charge in [0.05, 0.1) is 5.70 Å². The molecule has 1 aliphatic rings. The minimum atomic E-state index is -5.04. The quantitative estimate of drug-likeness (QED) is 0.813. The summed E-state index contributed by atoms with van der Waals surface area (Å²) in [5, 5.41) is 10.6. The van der Waals surface area contributed by atoms with Gasteiger partial charge in [-0.2, -0.15) is 13.2 Å². The third kappa shape index (κ3) is 4.04. The van der Waals surface area contributed by atoms with Crippen molar-refractivity contribution < 1.29 is 23.1 Å². The first-order valence-corrected chi connectivity index (χ1v) is 8.93. The Labute approximate surface area is 161 Å². The maximum atomic E-state index is 13.6. The van der Waals surface area contributed by atoms with Crippen LogP contribution in [0, 0.1) is 6.92 Å². The number of hydrogen-bond donors (Lipinski definition) is 2. The average Bonchev–Trinajstić information content (AvgIpc) is 3.02. The fourth-order valence-electron chi connectivity index (χ4n) is 3.05. The van der Waals surface area contributed by atoms with Gasteiger partial charge in [0, 0.05) is 12.5 Å². The van der Waals surface area contributed by atoms with Gasteiger partial charge in [-0.15, -0.1) is 0 Å². The topological polar surface area (TPSA) is 52.6 Å². The number of hydrazine groups is 1. The lowest BCUT2D eigenvalue weighted by Gasteiger charge is -2.33. The maximum Gasteiger partial charge on any atom is 0.442 e. The monoisotopic (exact) mass is 390 g/mol. The van der Waals surface area contributed by atoms with Crippen molar-refractivity contribution in [2.75, 3.05) is 0 Å². The van der Waals surface area contributed by atoms with E-state index in [1.807, 2.05) is 37.3 Å². The summed E-state index contributed by atoms with van der Waals surface area (Å²) < 4.78 is 40.7. The summed E-state index contributed by atoms with van der Waals surface area (Å²) in [6, 6.07) is 16.1. The number of nitrogens with zero attached hydrogens (tertiary/aromatic N) is 1. The molecule has 0 bridgehead atoms. The van der Waals surface area contributed by atoms with E-state index in [0.717, 1.165) is 11.1 Å². The van der Waals surface area contributed by atoms with Gasteiger partial charge in [-0.3, -0.25) is 10.2 Å². The largest absolute Gasteiger partial charge is 0.442 e. The smallest absolute Gasteiger partial charge is 0.359 e. The molecule has 0 aromatic heterocycles. The molecule has 0 aliphatic carbocycles. The molecule has 0 fully saturated rings. The number of halogens is 3. The number of rotatable bonds is 5. The van der Waals surface area contributed by atoms with Crippen molar-refractivity contribution in [2.45, 2.75) is 38.1 Å². The van der Waals surface area contributed by atoms with Gasteiger partial charge >= 0.3 is 6.18 Å². The average molecular weight is 390 g/mol. The van der Waals surface area contributed by atoms with Crippen molar-refractivity contribution in [3.05, 3.63) is 77.4 Å². The van der Waals surface area contributed by atoms with Crippen LogP contribution in [0.2, 0.25) is 0 Å². The Morgan fingerprint density at radius 3 is 2.36 bits per heavy atom. The lowest BCUT2D eigenvalue weighted by Crippen LogP contribution is -2.60. The number of alkyl halides is 3. The molecule has 0 saturated heterocycles. The highest BCUT2D eigenvalue weighted by Gasteiger charge is 2.61. The van der Waals surface area contributed by atoms with Gasteiger partial charge in [0.15, 0.2) is 0 Å². The number of carbonyl (C=O) groups excluding carboxylic acids is 1. The molecule has 1 amide bonds. The van der Waals surface area contributed by atoms with Crippen molar-refractivity contribution in [2.24, 2.45) is 0 Å². The molecule has 148 valence electrons. The Kier molecular flexibility index (Phi) is 5.47. The number of carbonyl (C=O) groups is 1. The minimum absolute atomic E-state index is 0.0382.